The highest BCUT2D eigenvalue weighted by atomic mass is 32.1. The number of nitrogens with one attached hydrogen (secondary N) is 1. The van der Waals surface area contributed by atoms with Gasteiger partial charge in [0.2, 0.25) is 5.96 Å². The number of fused-ring (bicyclic) bond motifs is 11. The smallest absolute Gasteiger partial charge is 0.211 e. The monoisotopic (exact) mass is 842 g/mol. The van der Waals surface area contributed by atoms with Crippen molar-refractivity contribution in [3.05, 3.63) is 205 Å². The Labute approximate surface area is 368 Å². The van der Waals surface area contributed by atoms with Crippen molar-refractivity contribution < 1.29 is 0 Å². The Morgan fingerprint density at radius 2 is 0.841 bits per heavy atom. The number of benzene rings is 8. The van der Waals surface area contributed by atoms with E-state index in [1.54, 1.807) is 0 Å². The summed E-state index contributed by atoms with van der Waals surface area (Å²) >= 11 is 3.67. The third-order valence-electron chi connectivity index (χ3n) is 12.7. The van der Waals surface area contributed by atoms with Gasteiger partial charge < -0.3 is 14.5 Å². The predicted molar refractivity (Wildman–Crippen MR) is 267 cm³/mol. The van der Waals surface area contributed by atoms with Crippen molar-refractivity contribution in [1.82, 2.24) is 19.0 Å². The van der Waals surface area contributed by atoms with Crippen molar-refractivity contribution in [1.29, 1.82) is 0 Å². The molecule has 1 atom stereocenters. The van der Waals surface area contributed by atoms with Crippen LogP contribution in [0.2, 0.25) is 0 Å². The maximum Gasteiger partial charge on any atom is 0.211 e. The first-order chi connectivity index (χ1) is 31.2. The van der Waals surface area contributed by atoms with Gasteiger partial charge in [0.25, 0.3) is 0 Å². The Morgan fingerprint density at radius 1 is 0.397 bits per heavy atom. The van der Waals surface area contributed by atoms with E-state index in [2.05, 4.69) is 207 Å². The minimum absolute atomic E-state index is 0.349. The molecule has 6 heterocycles. The molecular weight excluding hydrogens is 809 g/mol. The van der Waals surface area contributed by atoms with Crippen molar-refractivity contribution in [2.24, 2.45) is 9.98 Å². The van der Waals surface area contributed by atoms with Gasteiger partial charge in [-0.25, -0.2) is 4.99 Å². The minimum Gasteiger partial charge on any atom is -0.330 e. The van der Waals surface area contributed by atoms with E-state index in [-0.39, 0.29) is 6.17 Å². The predicted octanol–water partition coefficient (Wildman–Crippen LogP) is 14.4. The maximum absolute atomic E-state index is 5.42. The number of hydrogen-bond acceptors (Lipinski definition) is 5. The number of nitrogens with zero attached hydrogens (tertiary/aromatic N) is 5. The van der Waals surface area contributed by atoms with Gasteiger partial charge in [-0.3, -0.25) is 4.57 Å². The molecule has 0 aliphatic carbocycles. The summed E-state index contributed by atoms with van der Waals surface area (Å²) in [7, 11) is 0. The lowest BCUT2D eigenvalue weighted by Gasteiger charge is -2.24. The quantitative estimate of drug-likeness (QED) is 0.189. The van der Waals surface area contributed by atoms with Gasteiger partial charge in [0.05, 0.1) is 33.1 Å². The van der Waals surface area contributed by atoms with Gasteiger partial charge in [0, 0.05) is 47.3 Å². The summed E-state index contributed by atoms with van der Waals surface area (Å²) in [5, 5.41) is 15.9. The van der Waals surface area contributed by atoms with Crippen LogP contribution in [0, 0.1) is 0 Å². The standard InChI is InChI=1S/C55H34N6S2/c1-3-15-33(16-4-1)53-56-54(34-17-5-2-6-18-34)58-55(57-53)61-47-29-39-37-21-9-11-23-43(37)59(51-27-35-19-7-13-25-49(35)62-51)45(39)31-41(47)42-32-46-40(30-48(42)61)38-22-10-12-24-44(38)60(46)52-28-36-20-8-14-26-50(36)63-52/h1-32,53H,(H,56,57,58). The molecule has 0 spiro atoms. The first-order valence-corrected chi connectivity index (χ1v) is 22.8. The van der Waals surface area contributed by atoms with Crippen molar-refractivity contribution in [2.45, 2.75) is 6.17 Å². The number of aromatic nitrogens is 3. The third kappa shape index (κ3) is 5.22. The van der Waals surface area contributed by atoms with Crippen LogP contribution in [0.25, 0.3) is 95.6 Å². The fourth-order valence-electron chi connectivity index (χ4n) is 9.87. The second-order valence-corrected chi connectivity index (χ2v) is 18.4. The third-order valence-corrected chi connectivity index (χ3v) is 14.9. The lowest BCUT2D eigenvalue weighted by Crippen LogP contribution is -2.37. The molecule has 63 heavy (non-hydrogen) atoms. The second kappa shape index (κ2) is 13.4. The summed E-state index contributed by atoms with van der Waals surface area (Å²) in [4.78, 5) is 10.7. The average molecular weight is 843 g/mol. The molecule has 8 aromatic carbocycles. The van der Waals surface area contributed by atoms with Gasteiger partial charge in [-0.2, -0.15) is 4.99 Å². The van der Waals surface area contributed by atoms with E-state index in [4.69, 9.17) is 9.98 Å². The zero-order chi connectivity index (χ0) is 41.2. The fraction of sp³-hybridized carbons (Fsp3) is 0.0182. The summed E-state index contributed by atoms with van der Waals surface area (Å²) < 4.78 is 9.84. The van der Waals surface area contributed by atoms with E-state index in [1.807, 2.05) is 28.7 Å². The van der Waals surface area contributed by atoms with Crippen LogP contribution >= 0.6 is 22.7 Å². The van der Waals surface area contributed by atoms with Gasteiger partial charge in [-0.15, -0.1) is 22.7 Å². The van der Waals surface area contributed by atoms with Crippen LogP contribution in [-0.2, 0) is 0 Å². The largest absolute Gasteiger partial charge is 0.330 e. The fourth-order valence-corrected chi connectivity index (χ4v) is 12.1. The van der Waals surface area contributed by atoms with Crippen LogP contribution in [-0.4, -0.2) is 25.5 Å². The van der Waals surface area contributed by atoms with Crippen LogP contribution in [0.5, 0.6) is 0 Å². The SMILES string of the molecule is c1ccc(C2=NC(c3ccccc3)NC(n3c4cc5c6ccccc6n(-c6cc7ccccc7s6)c5cc4c4cc5c(cc43)c3ccccc3n5-c3cc4ccccc4s3)=N2)cc1. The highest BCUT2D eigenvalue weighted by Gasteiger charge is 2.27. The number of hydrogen-bond donors (Lipinski definition) is 1. The molecule has 13 aromatic rings. The molecule has 1 unspecified atom stereocenters. The molecule has 0 amide bonds. The van der Waals surface area contributed by atoms with Crippen LogP contribution in [0.3, 0.4) is 0 Å². The molecule has 1 N–H and O–H groups in total. The molecule has 6 nitrogen and oxygen atoms in total. The van der Waals surface area contributed by atoms with Crippen LogP contribution in [0.4, 0.5) is 0 Å². The van der Waals surface area contributed by atoms with Crippen molar-refractivity contribution in [3.8, 4) is 10.0 Å². The molecule has 0 radical (unpaired) electrons. The van der Waals surface area contributed by atoms with Gasteiger partial charge in [-0.1, -0.05) is 133 Å². The normalized spacial score (nSPS) is 14.5. The molecule has 0 fully saturated rings. The van der Waals surface area contributed by atoms with Crippen molar-refractivity contribution in [2.75, 3.05) is 0 Å². The molecule has 14 rings (SSSR count). The molecule has 0 bridgehead atoms. The topological polar surface area (TPSA) is 51.5 Å². The molecule has 8 heteroatoms. The molecule has 5 aromatic heterocycles. The minimum atomic E-state index is -0.349. The van der Waals surface area contributed by atoms with E-state index < -0.39 is 0 Å². The first kappa shape index (κ1) is 34.9. The van der Waals surface area contributed by atoms with E-state index in [9.17, 15) is 0 Å². The summed E-state index contributed by atoms with van der Waals surface area (Å²) in [5.41, 5.74) is 8.92. The summed E-state index contributed by atoms with van der Waals surface area (Å²) in [5.74, 6) is 1.43. The molecule has 1 aliphatic heterocycles. The Bertz CT molecular complexity index is 3800. The number of rotatable bonds is 4. The molecule has 0 saturated heterocycles. The molecule has 1 aliphatic rings. The molecule has 0 saturated carbocycles. The highest BCUT2D eigenvalue weighted by Crippen LogP contribution is 2.44. The van der Waals surface area contributed by atoms with Crippen LogP contribution in [0.15, 0.2) is 204 Å². The van der Waals surface area contributed by atoms with Crippen LogP contribution < -0.4 is 5.32 Å². The van der Waals surface area contributed by atoms with E-state index in [0.717, 1.165) is 38.9 Å². The van der Waals surface area contributed by atoms with E-state index >= 15 is 0 Å². The lowest BCUT2D eigenvalue weighted by atomic mass is 10.1. The summed E-state index contributed by atoms with van der Waals surface area (Å²) in [6, 6.07) is 70.1. The van der Waals surface area contributed by atoms with E-state index in [1.165, 1.54) is 73.8 Å². The van der Waals surface area contributed by atoms with Crippen molar-refractivity contribution in [3.63, 3.8) is 0 Å². The summed E-state index contributed by atoms with van der Waals surface area (Å²) in [6.45, 7) is 0. The highest BCUT2D eigenvalue weighted by molar-refractivity contribution is 7.21. The number of thiophene rings is 2. The van der Waals surface area contributed by atoms with Gasteiger partial charge in [0.1, 0.15) is 16.2 Å². The number of para-hydroxylation sites is 2. The Balaban J connectivity index is 1.12. The Kier molecular flexibility index (Phi) is 7.40. The number of aliphatic imine (C=N–C) groups is 2. The average Bonchev–Trinajstić information content (AvgIpc) is 4.16. The van der Waals surface area contributed by atoms with Gasteiger partial charge in [0.15, 0.2) is 5.84 Å². The maximum atomic E-state index is 5.42. The van der Waals surface area contributed by atoms with Crippen molar-refractivity contribution >= 4 is 120 Å². The van der Waals surface area contributed by atoms with E-state index in [0.29, 0.717) is 5.84 Å². The molecular formula is C55H34N6S2. The summed E-state index contributed by atoms with van der Waals surface area (Å²) in [6.07, 6.45) is -0.349. The van der Waals surface area contributed by atoms with Gasteiger partial charge in [-0.05, 0) is 77.0 Å². The number of amidine groups is 1. The Hall–Kier alpha value is -7.78. The van der Waals surface area contributed by atoms with Crippen LogP contribution in [0.1, 0.15) is 17.3 Å². The lowest BCUT2D eigenvalue weighted by molar-refractivity contribution is 0.661. The second-order valence-electron chi connectivity index (χ2n) is 16.3. The Morgan fingerprint density at radius 3 is 1.38 bits per heavy atom. The molecule has 296 valence electrons. The first-order valence-electron chi connectivity index (χ1n) is 21.2. The zero-order valence-corrected chi connectivity index (χ0v) is 35.2. The van der Waals surface area contributed by atoms with Gasteiger partial charge >= 0.3 is 0 Å². The zero-order valence-electron chi connectivity index (χ0n) is 33.6.